The molecule has 1 aromatic rings. The van der Waals surface area contributed by atoms with Crippen LogP contribution in [0.2, 0.25) is 0 Å². The third kappa shape index (κ3) is 4.86. The van der Waals surface area contributed by atoms with Gasteiger partial charge in [0, 0.05) is 10.7 Å². The number of hydrogen-bond donors (Lipinski definition) is 0. The molecule has 0 spiro atoms. The third-order valence-corrected chi connectivity index (χ3v) is 5.02. The minimum Gasteiger partial charge on any atom is -0.493 e. The first kappa shape index (κ1) is 17.7. The van der Waals surface area contributed by atoms with Crippen LogP contribution < -0.4 is 4.74 Å². The molecule has 0 fully saturated rings. The normalized spacial score (nSPS) is 11.9. The van der Waals surface area contributed by atoms with Gasteiger partial charge in [0.05, 0.1) is 11.5 Å². The highest BCUT2D eigenvalue weighted by Gasteiger charge is 2.20. The molecule has 0 N–H and O–H groups in total. The Kier molecular flexibility index (Phi) is 6.69. The summed E-state index contributed by atoms with van der Waals surface area (Å²) in [6.45, 7) is 6.34. The monoisotopic (exact) mass is 336 g/mol. The second-order valence-electron chi connectivity index (χ2n) is 4.94. The van der Waals surface area contributed by atoms with Gasteiger partial charge in [-0.15, -0.1) is 0 Å². The minimum atomic E-state index is -3.73. The van der Waals surface area contributed by atoms with E-state index in [9.17, 15) is 8.42 Å². The lowest BCUT2D eigenvalue weighted by Crippen LogP contribution is -2.05. The number of thioether (sulfide) groups is 1. The maximum absolute atomic E-state index is 11.6. The number of rotatable bonds is 7. The molecule has 0 saturated carbocycles. The maximum atomic E-state index is 11.6. The van der Waals surface area contributed by atoms with Crippen molar-refractivity contribution in [2.45, 2.75) is 38.0 Å². The molecule has 1 rings (SSSR count). The summed E-state index contributed by atoms with van der Waals surface area (Å²) in [4.78, 5) is 0.183. The van der Waals surface area contributed by atoms with Crippen molar-refractivity contribution in [1.29, 1.82) is 0 Å². The van der Waals surface area contributed by atoms with Crippen LogP contribution in [0.1, 0.15) is 37.3 Å². The van der Waals surface area contributed by atoms with Gasteiger partial charge in [-0.05, 0) is 54.5 Å². The molecule has 3 nitrogen and oxygen atoms in total. The Bertz CT molecular complexity index is 554. The van der Waals surface area contributed by atoms with E-state index in [1.807, 2.05) is 20.8 Å². The van der Waals surface area contributed by atoms with Crippen LogP contribution in [0, 0.1) is 6.92 Å². The highest BCUT2D eigenvalue weighted by molar-refractivity contribution is 8.13. The zero-order valence-corrected chi connectivity index (χ0v) is 14.7. The Labute approximate surface area is 130 Å². The molecule has 0 heterocycles. The van der Waals surface area contributed by atoms with E-state index in [1.54, 1.807) is 23.9 Å². The van der Waals surface area contributed by atoms with Gasteiger partial charge < -0.3 is 4.74 Å². The minimum absolute atomic E-state index is 0.0627. The summed E-state index contributed by atoms with van der Waals surface area (Å²) in [6, 6.07) is 3.40. The first-order chi connectivity index (χ1) is 9.27. The van der Waals surface area contributed by atoms with Crippen LogP contribution in [0.4, 0.5) is 0 Å². The molecule has 0 bridgehead atoms. The molecule has 0 aromatic heterocycles. The predicted molar refractivity (Wildman–Crippen MR) is 86.8 cm³/mol. The molecular formula is C14H21ClO3S2. The average Bonchev–Trinajstić information content (AvgIpc) is 2.34. The van der Waals surface area contributed by atoms with E-state index < -0.39 is 9.05 Å². The van der Waals surface area contributed by atoms with E-state index in [1.165, 1.54) is 0 Å². The summed E-state index contributed by atoms with van der Waals surface area (Å²) in [5.41, 5.74) is 1.49. The van der Waals surface area contributed by atoms with Crippen LogP contribution in [-0.4, -0.2) is 27.0 Å². The predicted octanol–water partition coefficient (Wildman–Crippen LogP) is 4.18. The molecule has 0 saturated heterocycles. The van der Waals surface area contributed by atoms with Gasteiger partial charge in [0.1, 0.15) is 5.75 Å². The smallest absolute Gasteiger partial charge is 0.261 e. The summed E-state index contributed by atoms with van der Waals surface area (Å²) in [7, 11) is 1.77. The molecule has 20 heavy (non-hydrogen) atoms. The molecule has 114 valence electrons. The summed E-state index contributed by atoms with van der Waals surface area (Å²) in [6.07, 6.45) is 3.02. The third-order valence-electron chi connectivity index (χ3n) is 2.94. The number of ether oxygens (including phenoxy) is 1. The molecule has 6 heteroatoms. The first-order valence-corrected chi connectivity index (χ1v) is 10.2. The van der Waals surface area contributed by atoms with E-state index >= 15 is 0 Å². The van der Waals surface area contributed by atoms with E-state index in [0.29, 0.717) is 12.2 Å². The SMILES string of the molecule is CSCCCOc1cc(C(C)C)c(S(=O)(=O)Cl)cc1C. The van der Waals surface area contributed by atoms with E-state index in [0.717, 1.165) is 23.5 Å². The van der Waals surface area contributed by atoms with Gasteiger partial charge in [-0.3, -0.25) is 0 Å². The highest BCUT2D eigenvalue weighted by atomic mass is 35.7. The van der Waals surface area contributed by atoms with Crippen LogP contribution in [0.15, 0.2) is 17.0 Å². The van der Waals surface area contributed by atoms with Gasteiger partial charge in [-0.1, -0.05) is 13.8 Å². The Morgan fingerprint density at radius 1 is 1.35 bits per heavy atom. The molecule has 0 atom stereocenters. The number of benzene rings is 1. The van der Waals surface area contributed by atoms with E-state index in [4.69, 9.17) is 15.4 Å². The molecule has 0 aliphatic carbocycles. The summed E-state index contributed by atoms with van der Waals surface area (Å²) in [5, 5.41) is 0. The molecule has 0 aliphatic heterocycles. The molecule has 0 amide bonds. The zero-order chi connectivity index (χ0) is 15.3. The first-order valence-electron chi connectivity index (χ1n) is 6.48. The molecule has 0 radical (unpaired) electrons. The van der Waals surface area contributed by atoms with Crippen LogP contribution >= 0.6 is 22.4 Å². The number of hydrogen-bond acceptors (Lipinski definition) is 4. The van der Waals surface area contributed by atoms with Crippen molar-refractivity contribution < 1.29 is 13.2 Å². The number of aryl methyl sites for hydroxylation is 1. The molecular weight excluding hydrogens is 316 g/mol. The fraction of sp³-hybridized carbons (Fsp3) is 0.571. The van der Waals surface area contributed by atoms with Gasteiger partial charge in [0.25, 0.3) is 9.05 Å². The number of halogens is 1. The summed E-state index contributed by atoms with van der Waals surface area (Å²) >= 11 is 1.78. The fourth-order valence-electron chi connectivity index (χ4n) is 1.88. The standard InChI is InChI=1S/C14H21ClO3S2/c1-10(2)12-9-13(18-6-5-7-19-4)11(3)8-14(12)20(15,16)17/h8-10H,5-7H2,1-4H3. The maximum Gasteiger partial charge on any atom is 0.261 e. The quantitative estimate of drug-likeness (QED) is 0.553. The second-order valence-corrected chi connectivity index (χ2v) is 8.46. The Hall–Kier alpha value is -0.390. The van der Waals surface area contributed by atoms with Crippen molar-refractivity contribution in [2.24, 2.45) is 0 Å². The van der Waals surface area contributed by atoms with Crippen LogP contribution in [0.3, 0.4) is 0 Å². The van der Waals surface area contributed by atoms with Crippen molar-refractivity contribution in [2.75, 3.05) is 18.6 Å². The Morgan fingerprint density at radius 3 is 2.50 bits per heavy atom. The van der Waals surface area contributed by atoms with E-state index in [2.05, 4.69) is 6.26 Å². The topological polar surface area (TPSA) is 43.4 Å². The van der Waals surface area contributed by atoms with Crippen molar-refractivity contribution in [3.8, 4) is 5.75 Å². The van der Waals surface area contributed by atoms with Crippen molar-refractivity contribution in [3.63, 3.8) is 0 Å². The second kappa shape index (κ2) is 7.57. The van der Waals surface area contributed by atoms with Crippen molar-refractivity contribution in [3.05, 3.63) is 23.3 Å². The Balaban J connectivity index is 3.08. The molecule has 1 aromatic carbocycles. The largest absolute Gasteiger partial charge is 0.493 e. The van der Waals surface area contributed by atoms with Gasteiger partial charge in [0.2, 0.25) is 0 Å². The fourth-order valence-corrected chi connectivity index (χ4v) is 3.58. The van der Waals surface area contributed by atoms with Gasteiger partial charge in [-0.2, -0.15) is 11.8 Å². The molecule has 0 aliphatic rings. The van der Waals surface area contributed by atoms with Gasteiger partial charge in [-0.25, -0.2) is 8.42 Å². The lowest BCUT2D eigenvalue weighted by Gasteiger charge is -2.16. The Morgan fingerprint density at radius 2 is 2.00 bits per heavy atom. The molecule has 0 unspecified atom stereocenters. The van der Waals surface area contributed by atoms with Crippen molar-refractivity contribution >= 4 is 31.5 Å². The lowest BCUT2D eigenvalue weighted by molar-refractivity contribution is 0.316. The summed E-state index contributed by atoms with van der Waals surface area (Å²) < 4.78 is 29.0. The lowest BCUT2D eigenvalue weighted by atomic mass is 10.0. The van der Waals surface area contributed by atoms with Crippen LogP contribution in [0.5, 0.6) is 5.75 Å². The van der Waals surface area contributed by atoms with Gasteiger partial charge in [0.15, 0.2) is 0 Å². The van der Waals surface area contributed by atoms with Gasteiger partial charge >= 0.3 is 0 Å². The van der Waals surface area contributed by atoms with Crippen LogP contribution in [-0.2, 0) is 9.05 Å². The average molecular weight is 337 g/mol. The van der Waals surface area contributed by atoms with Crippen molar-refractivity contribution in [1.82, 2.24) is 0 Å². The highest BCUT2D eigenvalue weighted by Crippen LogP contribution is 2.32. The zero-order valence-electron chi connectivity index (χ0n) is 12.3. The van der Waals surface area contributed by atoms with Crippen LogP contribution in [0.25, 0.3) is 0 Å². The summed E-state index contributed by atoms with van der Waals surface area (Å²) in [5.74, 6) is 1.84. The van der Waals surface area contributed by atoms with E-state index in [-0.39, 0.29) is 10.8 Å².